The van der Waals surface area contributed by atoms with Crippen LogP contribution >= 0.6 is 24.0 Å². The van der Waals surface area contributed by atoms with Crippen molar-refractivity contribution in [3.8, 4) is 0 Å². The van der Waals surface area contributed by atoms with Gasteiger partial charge in [-0.2, -0.15) is 0 Å². The van der Waals surface area contributed by atoms with Crippen LogP contribution in [0.15, 0.2) is 4.99 Å². The third-order valence-electron chi connectivity index (χ3n) is 5.78. The van der Waals surface area contributed by atoms with E-state index in [1.807, 2.05) is 6.92 Å². The molecule has 7 nitrogen and oxygen atoms in total. The van der Waals surface area contributed by atoms with E-state index in [2.05, 4.69) is 17.6 Å². The molecule has 2 atom stereocenters. The Morgan fingerprint density at radius 3 is 2.44 bits per heavy atom. The Hall–Kier alpha value is -0.130. The number of sulfonamides is 1. The van der Waals surface area contributed by atoms with Crippen LogP contribution in [0.3, 0.4) is 0 Å². The molecular weight excluding hydrogens is 479 g/mol. The Balaban J connectivity index is 0.00000364. The predicted octanol–water partition coefficient (Wildman–Crippen LogP) is 1.91. The Labute approximate surface area is 181 Å². The van der Waals surface area contributed by atoms with Crippen molar-refractivity contribution in [2.45, 2.75) is 71.4 Å². The molecule has 1 aliphatic heterocycles. The topological polar surface area (TPSA) is 94.0 Å². The summed E-state index contributed by atoms with van der Waals surface area (Å²) < 4.78 is 25.5. The zero-order chi connectivity index (χ0) is 19.2. The molecule has 2 unspecified atom stereocenters. The van der Waals surface area contributed by atoms with E-state index in [9.17, 15) is 13.5 Å². The van der Waals surface area contributed by atoms with Gasteiger partial charge < -0.3 is 15.7 Å². The second-order valence-corrected chi connectivity index (χ2v) is 10.1. The number of piperidine rings is 1. The molecule has 0 spiro atoms. The highest BCUT2D eigenvalue weighted by Gasteiger charge is 2.35. The number of hydrogen-bond donors (Lipinski definition) is 3. The second-order valence-electron chi connectivity index (χ2n) is 7.83. The van der Waals surface area contributed by atoms with Crippen LogP contribution in [-0.4, -0.2) is 67.9 Å². The number of rotatable bonds is 6. The highest BCUT2D eigenvalue weighted by Crippen LogP contribution is 2.36. The van der Waals surface area contributed by atoms with Gasteiger partial charge in [-0.3, -0.25) is 4.99 Å². The van der Waals surface area contributed by atoms with Crippen LogP contribution in [0.4, 0.5) is 0 Å². The Bertz CT molecular complexity index is 579. The van der Waals surface area contributed by atoms with E-state index in [1.165, 1.54) is 0 Å². The van der Waals surface area contributed by atoms with Gasteiger partial charge in [0.2, 0.25) is 10.0 Å². The summed E-state index contributed by atoms with van der Waals surface area (Å²) in [4.78, 5) is 4.74. The van der Waals surface area contributed by atoms with Gasteiger partial charge in [0, 0.05) is 31.1 Å². The quantitative estimate of drug-likeness (QED) is 0.285. The molecule has 160 valence electrons. The molecule has 2 fully saturated rings. The Morgan fingerprint density at radius 1 is 1.22 bits per heavy atom. The molecule has 2 rings (SSSR count). The SMILES string of the molecule is CCNC(=NCC1(C)CCCCC1O)NC1CCN(S(=O)(=O)CC)CC1.I. The number of nitrogens with zero attached hydrogens (tertiary/aromatic N) is 2. The molecule has 0 aromatic rings. The molecule has 3 N–H and O–H groups in total. The molecule has 0 bridgehead atoms. The van der Waals surface area contributed by atoms with Crippen LogP contribution in [0.1, 0.15) is 59.3 Å². The molecule has 1 heterocycles. The summed E-state index contributed by atoms with van der Waals surface area (Å²) in [6.07, 6.45) is 5.39. The molecule has 9 heteroatoms. The van der Waals surface area contributed by atoms with Gasteiger partial charge in [-0.05, 0) is 39.5 Å². The number of nitrogens with one attached hydrogen (secondary N) is 2. The Kier molecular flexibility index (Phi) is 10.3. The van der Waals surface area contributed by atoms with Gasteiger partial charge >= 0.3 is 0 Å². The van der Waals surface area contributed by atoms with Crippen molar-refractivity contribution < 1.29 is 13.5 Å². The first-order chi connectivity index (χ1) is 12.3. The fourth-order valence-electron chi connectivity index (χ4n) is 3.80. The van der Waals surface area contributed by atoms with Gasteiger partial charge in [0.1, 0.15) is 0 Å². The van der Waals surface area contributed by atoms with Crippen molar-refractivity contribution in [3.05, 3.63) is 0 Å². The zero-order valence-electron chi connectivity index (χ0n) is 16.9. The van der Waals surface area contributed by atoms with E-state index in [0.29, 0.717) is 19.6 Å². The van der Waals surface area contributed by atoms with Gasteiger partial charge in [0.15, 0.2) is 5.96 Å². The van der Waals surface area contributed by atoms with Crippen LogP contribution in [0, 0.1) is 5.41 Å². The summed E-state index contributed by atoms with van der Waals surface area (Å²) in [6, 6.07) is 0.222. The van der Waals surface area contributed by atoms with Gasteiger partial charge in [-0.1, -0.05) is 19.8 Å². The summed E-state index contributed by atoms with van der Waals surface area (Å²) in [5, 5.41) is 17.1. The van der Waals surface area contributed by atoms with E-state index in [0.717, 1.165) is 51.0 Å². The van der Waals surface area contributed by atoms with E-state index in [4.69, 9.17) is 4.99 Å². The lowest BCUT2D eigenvalue weighted by molar-refractivity contribution is 0.00715. The minimum Gasteiger partial charge on any atom is -0.392 e. The fourth-order valence-corrected chi connectivity index (χ4v) is 4.93. The van der Waals surface area contributed by atoms with Crippen molar-refractivity contribution >= 4 is 40.0 Å². The number of aliphatic imine (C=N–C) groups is 1. The Morgan fingerprint density at radius 2 is 1.89 bits per heavy atom. The van der Waals surface area contributed by atoms with Crippen LogP contribution in [0.25, 0.3) is 0 Å². The average Bonchev–Trinajstić information content (AvgIpc) is 2.63. The first-order valence-electron chi connectivity index (χ1n) is 10.0. The number of halogens is 1. The van der Waals surface area contributed by atoms with E-state index >= 15 is 0 Å². The standard InChI is InChI=1S/C18H36N4O3S.HI/c1-4-19-17(20-14-18(3)11-7-6-8-16(18)23)21-15-9-12-22(13-10-15)26(24,25)5-2;/h15-16,23H,4-14H2,1-3H3,(H2,19,20,21);1H. The van der Waals surface area contributed by atoms with Crippen LogP contribution in [-0.2, 0) is 10.0 Å². The minimum atomic E-state index is -3.09. The summed E-state index contributed by atoms with van der Waals surface area (Å²) in [5.41, 5.74) is -0.154. The van der Waals surface area contributed by atoms with Crippen LogP contribution < -0.4 is 10.6 Å². The molecule has 1 aliphatic carbocycles. The second kappa shape index (κ2) is 11.2. The van der Waals surface area contributed by atoms with Crippen molar-refractivity contribution in [1.29, 1.82) is 0 Å². The summed E-state index contributed by atoms with van der Waals surface area (Å²) in [5.74, 6) is 0.930. The zero-order valence-corrected chi connectivity index (χ0v) is 20.1. The highest BCUT2D eigenvalue weighted by atomic mass is 127. The first-order valence-corrected chi connectivity index (χ1v) is 11.6. The number of aliphatic hydroxyl groups is 1. The normalized spacial score (nSPS) is 28.4. The third-order valence-corrected chi connectivity index (χ3v) is 7.66. The predicted molar refractivity (Wildman–Crippen MR) is 121 cm³/mol. The minimum absolute atomic E-state index is 0. The highest BCUT2D eigenvalue weighted by molar-refractivity contribution is 14.0. The number of guanidine groups is 1. The molecule has 1 saturated heterocycles. The monoisotopic (exact) mass is 516 g/mol. The molecule has 0 aromatic heterocycles. The molecule has 0 amide bonds. The van der Waals surface area contributed by atoms with Crippen molar-refractivity contribution in [2.24, 2.45) is 10.4 Å². The van der Waals surface area contributed by atoms with Gasteiger partial charge in [0.05, 0.1) is 18.4 Å². The lowest BCUT2D eigenvalue weighted by Gasteiger charge is -2.37. The summed E-state index contributed by atoms with van der Waals surface area (Å²) in [7, 11) is -3.09. The average molecular weight is 516 g/mol. The van der Waals surface area contributed by atoms with Crippen LogP contribution in [0.2, 0.25) is 0 Å². The smallest absolute Gasteiger partial charge is 0.213 e. The molecule has 27 heavy (non-hydrogen) atoms. The van der Waals surface area contributed by atoms with E-state index < -0.39 is 10.0 Å². The maximum Gasteiger partial charge on any atom is 0.213 e. The van der Waals surface area contributed by atoms with Crippen molar-refractivity contribution in [2.75, 3.05) is 31.9 Å². The molecule has 2 aliphatic rings. The maximum atomic E-state index is 12.0. The van der Waals surface area contributed by atoms with Crippen molar-refractivity contribution in [3.63, 3.8) is 0 Å². The molecular formula is C18H37IN4O3S. The van der Waals surface area contributed by atoms with Gasteiger partial charge in [0.25, 0.3) is 0 Å². The fraction of sp³-hybridized carbons (Fsp3) is 0.944. The van der Waals surface area contributed by atoms with E-state index in [-0.39, 0.29) is 47.3 Å². The first kappa shape index (κ1) is 24.9. The van der Waals surface area contributed by atoms with Gasteiger partial charge in [-0.15, -0.1) is 24.0 Å². The number of aliphatic hydroxyl groups excluding tert-OH is 1. The summed E-state index contributed by atoms with van der Waals surface area (Å²) in [6.45, 7) is 8.34. The summed E-state index contributed by atoms with van der Waals surface area (Å²) >= 11 is 0. The molecule has 0 radical (unpaired) electrons. The molecule has 1 saturated carbocycles. The number of hydrogen-bond acceptors (Lipinski definition) is 4. The van der Waals surface area contributed by atoms with Crippen molar-refractivity contribution in [1.82, 2.24) is 14.9 Å². The molecule has 0 aromatic carbocycles. The largest absolute Gasteiger partial charge is 0.392 e. The lowest BCUT2D eigenvalue weighted by atomic mass is 9.73. The lowest BCUT2D eigenvalue weighted by Crippen LogP contribution is -2.50. The maximum absolute atomic E-state index is 12.0. The van der Waals surface area contributed by atoms with E-state index in [1.54, 1.807) is 11.2 Å². The van der Waals surface area contributed by atoms with Gasteiger partial charge in [-0.25, -0.2) is 12.7 Å². The van der Waals surface area contributed by atoms with Crippen LogP contribution in [0.5, 0.6) is 0 Å². The third kappa shape index (κ3) is 7.01.